The van der Waals surface area contributed by atoms with Crippen LogP contribution in [0.4, 0.5) is 11.8 Å². The van der Waals surface area contributed by atoms with Crippen molar-refractivity contribution >= 4 is 22.8 Å². The van der Waals surface area contributed by atoms with Gasteiger partial charge in [0, 0.05) is 30.9 Å². The summed E-state index contributed by atoms with van der Waals surface area (Å²) in [6, 6.07) is 13.5. The van der Waals surface area contributed by atoms with Crippen molar-refractivity contribution in [1.29, 1.82) is 0 Å². The fraction of sp³-hybridized carbons (Fsp3) is 0.409. The zero-order valence-electron chi connectivity index (χ0n) is 16.8. The molecular formula is C22H28N6. The van der Waals surface area contributed by atoms with Crippen LogP contribution in [-0.4, -0.2) is 39.0 Å². The molecule has 0 amide bonds. The van der Waals surface area contributed by atoms with Gasteiger partial charge in [0.2, 0.25) is 5.95 Å². The summed E-state index contributed by atoms with van der Waals surface area (Å²) in [5.41, 5.74) is 10.2. The first-order valence-electron chi connectivity index (χ1n) is 9.98. The van der Waals surface area contributed by atoms with Crippen LogP contribution in [-0.2, 0) is 0 Å². The van der Waals surface area contributed by atoms with Gasteiger partial charge in [-0.2, -0.15) is 9.97 Å². The average Bonchev–Trinajstić information content (AvgIpc) is 2.68. The van der Waals surface area contributed by atoms with Crippen molar-refractivity contribution in [3.05, 3.63) is 53.2 Å². The molecule has 0 saturated carbocycles. The first kappa shape index (κ1) is 18.6. The molecule has 28 heavy (non-hydrogen) atoms. The Morgan fingerprint density at radius 2 is 1.79 bits per heavy atom. The number of nitrogens with zero attached hydrogens (tertiary/aromatic N) is 4. The molecule has 3 N–H and O–H groups in total. The summed E-state index contributed by atoms with van der Waals surface area (Å²) >= 11 is 0. The summed E-state index contributed by atoms with van der Waals surface area (Å²) in [5.74, 6) is 1.07. The zero-order chi connectivity index (χ0) is 19.7. The van der Waals surface area contributed by atoms with Crippen LogP contribution in [0.25, 0.3) is 11.0 Å². The van der Waals surface area contributed by atoms with Crippen LogP contribution in [0.5, 0.6) is 0 Å². The predicted molar refractivity (Wildman–Crippen MR) is 114 cm³/mol. The summed E-state index contributed by atoms with van der Waals surface area (Å²) in [5, 5.41) is 4.33. The predicted octanol–water partition coefficient (Wildman–Crippen LogP) is 3.86. The Labute approximate surface area is 166 Å². The van der Waals surface area contributed by atoms with E-state index < -0.39 is 0 Å². The maximum Gasteiger partial charge on any atom is 0.226 e. The first-order chi connectivity index (χ1) is 13.5. The van der Waals surface area contributed by atoms with Gasteiger partial charge < -0.3 is 11.1 Å². The number of fused-ring (bicyclic) bond motifs is 1. The smallest absolute Gasteiger partial charge is 0.226 e. The van der Waals surface area contributed by atoms with Gasteiger partial charge in [0.25, 0.3) is 0 Å². The van der Waals surface area contributed by atoms with E-state index in [1.54, 1.807) is 0 Å². The molecule has 4 rings (SSSR count). The Morgan fingerprint density at radius 3 is 2.50 bits per heavy atom. The van der Waals surface area contributed by atoms with Crippen LogP contribution in [0, 0.1) is 13.8 Å². The van der Waals surface area contributed by atoms with Crippen LogP contribution in [0.1, 0.15) is 42.6 Å². The second-order valence-electron chi connectivity index (χ2n) is 7.75. The largest absolute Gasteiger partial charge is 0.383 e. The van der Waals surface area contributed by atoms with Crippen molar-refractivity contribution in [2.45, 2.75) is 45.7 Å². The number of rotatable bonds is 4. The minimum absolute atomic E-state index is 0.349. The molecule has 0 bridgehead atoms. The second kappa shape index (κ2) is 7.72. The monoisotopic (exact) mass is 376 g/mol. The van der Waals surface area contributed by atoms with Crippen LogP contribution in [0.2, 0.25) is 0 Å². The van der Waals surface area contributed by atoms with E-state index in [0.717, 1.165) is 42.6 Å². The van der Waals surface area contributed by atoms with Crippen LogP contribution in [0.3, 0.4) is 0 Å². The minimum Gasteiger partial charge on any atom is -0.383 e. The maximum absolute atomic E-state index is 6.20. The highest BCUT2D eigenvalue weighted by atomic mass is 15.2. The van der Waals surface area contributed by atoms with Gasteiger partial charge in [-0.15, -0.1) is 0 Å². The summed E-state index contributed by atoms with van der Waals surface area (Å²) in [7, 11) is 0. The number of hydrogen-bond acceptors (Lipinski definition) is 6. The molecule has 3 aromatic rings. The molecule has 1 aromatic carbocycles. The van der Waals surface area contributed by atoms with Crippen molar-refractivity contribution in [2.75, 3.05) is 24.1 Å². The van der Waals surface area contributed by atoms with Gasteiger partial charge in [0.15, 0.2) is 5.65 Å². The van der Waals surface area contributed by atoms with Gasteiger partial charge in [-0.25, -0.2) is 4.98 Å². The Kier molecular flexibility index (Phi) is 5.13. The average molecular weight is 377 g/mol. The molecular weight excluding hydrogens is 348 g/mol. The molecule has 1 aliphatic rings. The number of piperidine rings is 1. The molecule has 6 nitrogen and oxygen atoms in total. The Bertz CT molecular complexity index is 964. The third-order valence-electron chi connectivity index (χ3n) is 5.71. The van der Waals surface area contributed by atoms with E-state index in [0.29, 0.717) is 29.5 Å². The highest BCUT2D eigenvalue weighted by Crippen LogP contribution is 2.26. The van der Waals surface area contributed by atoms with Gasteiger partial charge in [-0.3, -0.25) is 4.90 Å². The van der Waals surface area contributed by atoms with Gasteiger partial charge in [0.1, 0.15) is 5.82 Å². The molecule has 146 valence electrons. The van der Waals surface area contributed by atoms with Gasteiger partial charge in [0.05, 0.1) is 5.39 Å². The Morgan fingerprint density at radius 1 is 1.07 bits per heavy atom. The third kappa shape index (κ3) is 3.78. The summed E-state index contributed by atoms with van der Waals surface area (Å²) < 4.78 is 0. The standard InChI is InChI=1S/C22H28N6/c1-14-13-15(2)24-21-19(14)20(23)26-22(27-21)25-18-9-11-28(12-10-18)16(3)17-7-5-4-6-8-17/h4-8,13,16,18H,9-12H2,1-3H3,(H3,23,24,25,26,27). The lowest BCUT2D eigenvalue weighted by molar-refractivity contribution is 0.167. The number of nitrogen functional groups attached to an aromatic ring is 1. The number of likely N-dealkylation sites (tertiary alicyclic amines) is 1. The zero-order valence-corrected chi connectivity index (χ0v) is 16.8. The van der Waals surface area contributed by atoms with Crippen LogP contribution < -0.4 is 11.1 Å². The molecule has 0 spiro atoms. The number of benzene rings is 1. The van der Waals surface area contributed by atoms with Gasteiger partial charge >= 0.3 is 0 Å². The SMILES string of the molecule is Cc1cc(C)c2c(N)nc(NC3CCN(C(C)c4ccccc4)CC3)nc2n1. The number of aryl methyl sites for hydroxylation is 2. The fourth-order valence-electron chi connectivity index (χ4n) is 4.13. The lowest BCUT2D eigenvalue weighted by Gasteiger charge is -2.36. The van der Waals surface area contributed by atoms with E-state index in [-0.39, 0.29) is 0 Å². The van der Waals surface area contributed by atoms with Crippen molar-refractivity contribution in [3.8, 4) is 0 Å². The molecule has 3 heterocycles. The number of nitrogens with two attached hydrogens (primary N) is 1. The van der Waals surface area contributed by atoms with E-state index >= 15 is 0 Å². The topological polar surface area (TPSA) is 80.0 Å². The molecule has 0 aliphatic carbocycles. The summed E-state index contributed by atoms with van der Waals surface area (Å²) in [4.78, 5) is 16.2. The Balaban J connectivity index is 1.44. The fourth-order valence-corrected chi connectivity index (χ4v) is 4.13. The van der Waals surface area contributed by atoms with E-state index in [9.17, 15) is 0 Å². The highest BCUT2D eigenvalue weighted by molar-refractivity contribution is 5.89. The molecule has 1 atom stereocenters. The maximum atomic E-state index is 6.20. The van der Waals surface area contributed by atoms with Crippen LogP contribution in [0.15, 0.2) is 36.4 Å². The first-order valence-corrected chi connectivity index (χ1v) is 9.98. The van der Waals surface area contributed by atoms with E-state index in [2.05, 4.69) is 62.4 Å². The minimum atomic E-state index is 0.349. The number of pyridine rings is 1. The molecule has 1 unspecified atom stereocenters. The van der Waals surface area contributed by atoms with Gasteiger partial charge in [-0.1, -0.05) is 30.3 Å². The molecule has 1 fully saturated rings. The number of anilines is 2. The normalized spacial score (nSPS) is 17.0. The van der Waals surface area contributed by atoms with Crippen molar-refractivity contribution < 1.29 is 0 Å². The van der Waals surface area contributed by atoms with Crippen molar-refractivity contribution in [1.82, 2.24) is 19.9 Å². The van der Waals surface area contributed by atoms with Crippen LogP contribution >= 0.6 is 0 Å². The number of aromatic nitrogens is 3. The summed E-state index contributed by atoms with van der Waals surface area (Å²) in [6.45, 7) is 8.38. The van der Waals surface area contributed by atoms with Gasteiger partial charge in [-0.05, 0) is 50.8 Å². The lowest BCUT2D eigenvalue weighted by atomic mass is 10.0. The third-order valence-corrected chi connectivity index (χ3v) is 5.71. The van der Waals surface area contributed by atoms with E-state index in [4.69, 9.17) is 5.73 Å². The van der Waals surface area contributed by atoms with E-state index in [1.165, 1.54) is 5.56 Å². The Hall–Kier alpha value is -2.73. The molecule has 0 radical (unpaired) electrons. The number of nitrogens with one attached hydrogen (secondary N) is 1. The molecule has 1 saturated heterocycles. The lowest BCUT2D eigenvalue weighted by Crippen LogP contribution is -2.40. The van der Waals surface area contributed by atoms with E-state index in [1.807, 2.05) is 19.9 Å². The van der Waals surface area contributed by atoms with Crippen molar-refractivity contribution in [2.24, 2.45) is 0 Å². The molecule has 2 aromatic heterocycles. The molecule has 6 heteroatoms. The quantitative estimate of drug-likeness (QED) is 0.720. The highest BCUT2D eigenvalue weighted by Gasteiger charge is 2.24. The second-order valence-corrected chi connectivity index (χ2v) is 7.75. The molecule has 1 aliphatic heterocycles. The summed E-state index contributed by atoms with van der Waals surface area (Å²) in [6.07, 6.45) is 2.11. The van der Waals surface area contributed by atoms with Crippen molar-refractivity contribution in [3.63, 3.8) is 0 Å². The number of hydrogen-bond donors (Lipinski definition) is 2.